The molecule has 2 aromatic rings. The molecule has 1 aromatic carbocycles. The third-order valence-electron chi connectivity index (χ3n) is 4.55. The predicted molar refractivity (Wildman–Crippen MR) is 86.9 cm³/mol. The molecule has 2 fully saturated rings. The second-order valence-corrected chi connectivity index (χ2v) is 6.65. The maximum Gasteiger partial charge on any atom is 0.329 e. The zero-order valence-electron chi connectivity index (χ0n) is 12.3. The van der Waals surface area contributed by atoms with Crippen molar-refractivity contribution >= 4 is 28.2 Å². The lowest BCUT2D eigenvalue weighted by atomic mass is 10.2. The lowest BCUT2D eigenvalue weighted by molar-refractivity contribution is 0.622. The SMILES string of the molecule is N[C@H]1CCN(c2c(F)cc3c(=O)[nH]c(=O)n(C4CC4)c3c2Cl)C1. The molecular weight excluding hydrogens is 323 g/mol. The van der Waals surface area contributed by atoms with Gasteiger partial charge in [0.2, 0.25) is 0 Å². The van der Waals surface area contributed by atoms with Gasteiger partial charge < -0.3 is 10.6 Å². The second-order valence-electron chi connectivity index (χ2n) is 6.27. The Morgan fingerprint density at radius 2 is 2.04 bits per heavy atom. The standard InChI is InChI=1S/C15H16ClFN4O2/c16-11-12-9(14(22)19-15(23)21(12)8-1-2-8)5-10(17)13(11)20-4-3-7(18)6-20/h5,7-8H,1-4,6,18H2,(H,19,22,23)/t7-/m0/s1. The van der Waals surface area contributed by atoms with Crippen molar-refractivity contribution in [1.82, 2.24) is 9.55 Å². The fourth-order valence-electron chi connectivity index (χ4n) is 3.29. The molecule has 23 heavy (non-hydrogen) atoms. The lowest BCUT2D eigenvalue weighted by Crippen LogP contribution is -2.31. The summed E-state index contributed by atoms with van der Waals surface area (Å²) in [5, 5.41) is 0.218. The van der Waals surface area contributed by atoms with Crippen LogP contribution >= 0.6 is 11.6 Å². The number of H-pyrrole nitrogens is 1. The van der Waals surface area contributed by atoms with Crippen LogP contribution in [0.25, 0.3) is 10.9 Å². The highest BCUT2D eigenvalue weighted by atomic mass is 35.5. The van der Waals surface area contributed by atoms with Gasteiger partial charge in [-0.05, 0) is 25.3 Å². The van der Waals surface area contributed by atoms with Crippen molar-refractivity contribution in [2.24, 2.45) is 5.73 Å². The van der Waals surface area contributed by atoms with Gasteiger partial charge in [0.15, 0.2) is 0 Å². The van der Waals surface area contributed by atoms with E-state index < -0.39 is 17.1 Å². The highest BCUT2D eigenvalue weighted by Crippen LogP contribution is 2.41. The van der Waals surface area contributed by atoms with Crippen molar-refractivity contribution in [3.05, 3.63) is 37.7 Å². The minimum Gasteiger partial charge on any atom is -0.366 e. The number of aromatic nitrogens is 2. The van der Waals surface area contributed by atoms with Crippen molar-refractivity contribution in [2.75, 3.05) is 18.0 Å². The molecule has 0 radical (unpaired) electrons. The molecule has 3 N–H and O–H groups in total. The summed E-state index contributed by atoms with van der Waals surface area (Å²) >= 11 is 6.46. The number of nitrogens with one attached hydrogen (secondary N) is 1. The summed E-state index contributed by atoms with van der Waals surface area (Å²) < 4.78 is 16.1. The average Bonchev–Trinajstić information content (AvgIpc) is 3.23. The number of aromatic amines is 1. The Balaban J connectivity index is 2.04. The molecule has 1 saturated carbocycles. The molecular formula is C15H16ClFN4O2. The minimum absolute atomic E-state index is 0.0125. The van der Waals surface area contributed by atoms with Crippen LogP contribution in [-0.4, -0.2) is 28.7 Å². The number of fused-ring (bicyclic) bond motifs is 1. The van der Waals surface area contributed by atoms with Crippen molar-refractivity contribution in [3.8, 4) is 0 Å². The van der Waals surface area contributed by atoms with Crippen LogP contribution in [0.15, 0.2) is 15.7 Å². The highest BCUT2D eigenvalue weighted by Gasteiger charge is 2.31. The summed E-state index contributed by atoms with van der Waals surface area (Å²) in [5.74, 6) is -0.567. The fourth-order valence-corrected chi connectivity index (χ4v) is 3.70. The van der Waals surface area contributed by atoms with Crippen LogP contribution in [0.5, 0.6) is 0 Å². The quantitative estimate of drug-likeness (QED) is 0.866. The first-order chi connectivity index (χ1) is 11.0. The van der Waals surface area contributed by atoms with Gasteiger partial charge in [-0.15, -0.1) is 0 Å². The zero-order valence-corrected chi connectivity index (χ0v) is 13.1. The zero-order chi connectivity index (χ0) is 16.3. The van der Waals surface area contributed by atoms with E-state index >= 15 is 0 Å². The molecule has 0 bridgehead atoms. The van der Waals surface area contributed by atoms with Crippen molar-refractivity contribution in [3.63, 3.8) is 0 Å². The van der Waals surface area contributed by atoms with Gasteiger partial charge in [-0.2, -0.15) is 0 Å². The van der Waals surface area contributed by atoms with Gasteiger partial charge in [-0.1, -0.05) is 11.6 Å². The van der Waals surface area contributed by atoms with Gasteiger partial charge in [-0.3, -0.25) is 14.3 Å². The van der Waals surface area contributed by atoms with E-state index in [1.165, 1.54) is 4.57 Å². The Kier molecular flexibility index (Phi) is 3.24. The van der Waals surface area contributed by atoms with Crippen molar-refractivity contribution in [1.29, 1.82) is 0 Å². The normalized spacial score (nSPS) is 21.3. The number of rotatable bonds is 2. The van der Waals surface area contributed by atoms with Crippen molar-refractivity contribution in [2.45, 2.75) is 31.3 Å². The Morgan fingerprint density at radius 1 is 1.30 bits per heavy atom. The summed E-state index contributed by atoms with van der Waals surface area (Å²) in [6, 6.07) is 1.14. The number of anilines is 1. The molecule has 0 amide bonds. The van der Waals surface area contributed by atoms with Crippen LogP contribution < -0.4 is 21.9 Å². The second kappa shape index (κ2) is 5.07. The maximum atomic E-state index is 14.6. The molecule has 1 atom stereocenters. The largest absolute Gasteiger partial charge is 0.366 e. The smallest absolute Gasteiger partial charge is 0.329 e. The molecule has 122 valence electrons. The van der Waals surface area contributed by atoms with E-state index in [9.17, 15) is 14.0 Å². The van der Waals surface area contributed by atoms with E-state index in [1.54, 1.807) is 4.90 Å². The summed E-state index contributed by atoms with van der Waals surface area (Å²) in [5.41, 5.74) is 5.33. The number of nitrogens with zero attached hydrogens (tertiary/aromatic N) is 2. The van der Waals surface area contributed by atoms with E-state index in [2.05, 4.69) is 4.98 Å². The summed E-state index contributed by atoms with van der Waals surface area (Å²) in [6.45, 7) is 1.10. The van der Waals surface area contributed by atoms with E-state index in [-0.39, 0.29) is 28.2 Å². The number of halogens is 2. The number of hydrogen-bond donors (Lipinski definition) is 2. The molecule has 0 unspecified atom stereocenters. The van der Waals surface area contributed by atoms with Gasteiger partial charge >= 0.3 is 5.69 Å². The van der Waals surface area contributed by atoms with E-state index in [1.807, 2.05) is 0 Å². The van der Waals surface area contributed by atoms with Crippen LogP contribution in [0.1, 0.15) is 25.3 Å². The van der Waals surface area contributed by atoms with E-state index in [0.717, 1.165) is 25.3 Å². The topological polar surface area (TPSA) is 84.1 Å². The molecule has 1 aromatic heterocycles. The molecule has 0 spiro atoms. The molecule has 6 nitrogen and oxygen atoms in total. The van der Waals surface area contributed by atoms with Crippen LogP contribution in [-0.2, 0) is 0 Å². The lowest BCUT2D eigenvalue weighted by Gasteiger charge is -2.22. The van der Waals surface area contributed by atoms with Gasteiger partial charge in [0.25, 0.3) is 5.56 Å². The monoisotopic (exact) mass is 338 g/mol. The first kappa shape index (κ1) is 14.7. The number of benzene rings is 1. The molecule has 1 saturated heterocycles. The molecule has 2 aliphatic rings. The number of nitrogens with two attached hydrogens (primary N) is 1. The average molecular weight is 339 g/mol. The van der Waals surface area contributed by atoms with Crippen LogP contribution in [0.3, 0.4) is 0 Å². The van der Waals surface area contributed by atoms with Crippen molar-refractivity contribution < 1.29 is 4.39 Å². The highest BCUT2D eigenvalue weighted by molar-refractivity contribution is 6.37. The minimum atomic E-state index is -0.618. The summed E-state index contributed by atoms with van der Waals surface area (Å²) in [6.07, 6.45) is 2.44. The van der Waals surface area contributed by atoms with E-state index in [4.69, 9.17) is 17.3 Å². The fraction of sp³-hybridized carbons (Fsp3) is 0.467. The van der Waals surface area contributed by atoms with Gasteiger partial charge in [0.05, 0.1) is 21.6 Å². The first-order valence-electron chi connectivity index (χ1n) is 7.64. The summed E-state index contributed by atoms with van der Waals surface area (Å²) in [4.78, 5) is 28.3. The van der Waals surface area contributed by atoms with E-state index in [0.29, 0.717) is 18.6 Å². The Bertz CT molecular complexity index is 918. The third-order valence-corrected chi connectivity index (χ3v) is 4.90. The third kappa shape index (κ3) is 2.26. The Hall–Kier alpha value is -1.86. The molecule has 8 heteroatoms. The predicted octanol–water partition coefficient (Wildman–Crippen LogP) is 1.35. The molecule has 1 aliphatic carbocycles. The van der Waals surface area contributed by atoms with Gasteiger partial charge in [0, 0.05) is 25.2 Å². The molecule has 4 rings (SSSR count). The van der Waals surface area contributed by atoms with Crippen LogP contribution in [0.2, 0.25) is 5.02 Å². The van der Waals surface area contributed by atoms with Crippen LogP contribution in [0.4, 0.5) is 10.1 Å². The van der Waals surface area contributed by atoms with Crippen LogP contribution in [0, 0.1) is 5.82 Å². The Morgan fingerprint density at radius 3 is 2.65 bits per heavy atom. The summed E-state index contributed by atoms with van der Waals surface area (Å²) in [7, 11) is 0. The number of hydrogen-bond acceptors (Lipinski definition) is 4. The van der Waals surface area contributed by atoms with Gasteiger partial charge in [-0.25, -0.2) is 9.18 Å². The maximum absolute atomic E-state index is 14.6. The molecule has 1 aliphatic heterocycles. The molecule has 2 heterocycles. The Labute approximate surface area is 135 Å². The van der Waals surface area contributed by atoms with Gasteiger partial charge in [0.1, 0.15) is 5.82 Å². The first-order valence-corrected chi connectivity index (χ1v) is 8.02.